The zero-order chi connectivity index (χ0) is 33.5. The third-order valence-corrected chi connectivity index (χ3v) is 13.0. The number of hydrogen-bond acceptors (Lipinski definition) is 5. The van der Waals surface area contributed by atoms with Gasteiger partial charge in [0.1, 0.15) is 0 Å². The van der Waals surface area contributed by atoms with Crippen LogP contribution in [0, 0.1) is 0 Å². The lowest BCUT2D eigenvalue weighted by Crippen LogP contribution is -2.31. The maximum atomic E-state index is 5.12. The van der Waals surface area contributed by atoms with Gasteiger partial charge in [0.05, 0.1) is 5.41 Å². The Bertz CT molecular complexity index is 2740. The summed E-state index contributed by atoms with van der Waals surface area (Å²) < 4.78 is 2.49. The van der Waals surface area contributed by atoms with Crippen LogP contribution in [-0.2, 0) is 5.41 Å². The molecule has 3 nitrogen and oxygen atoms in total. The van der Waals surface area contributed by atoms with Gasteiger partial charge in [-0.3, -0.25) is 0 Å². The summed E-state index contributed by atoms with van der Waals surface area (Å²) in [6.07, 6.45) is 0. The van der Waals surface area contributed by atoms with Crippen LogP contribution in [0.2, 0.25) is 0 Å². The molecule has 2 aliphatic rings. The van der Waals surface area contributed by atoms with Gasteiger partial charge in [-0.25, -0.2) is 15.0 Å². The molecule has 1 aliphatic carbocycles. The first-order valence-electron chi connectivity index (χ1n) is 17.1. The molecule has 0 amide bonds. The van der Waals surface area contributed by atoms with E-state index in [9.17, 15) is 0 Å². The first-order chi connectivity index (χ1) is 25.3. The minimum atomic E-state index is -0.402. The Hall–Kier alpha value is -5.88. The molecule has 9 aromatic rings. The topological polar surface area (TPSA) is 38.7 Å². The van der Waals surface area contributed by atoms with Gasteiger partial charge in [-0.2, -0.15) is 0 Å². The summed E-state index contributed by atoms with van der Waals surface area (Å²) in [5.74, 6) is 2.02. The lowest BCUT2D eigenvalue weighted by molar-refractivity contribution is 0.726. The molecule has 0 atom stereocenters. The highest BCUT2D eigenvalue weighted by atomic mass is 32.2. The van der Waals surface area contributed by atoms with Gasteiger partial charge < -0.3 is 0 Å². The van der Waals surface area contributed by atoms with Crippen LogP contribution in [0.25, 0.3) is 65.5 Å². The molecule has 0 unspecified atom stereocenters. The summed E-state index contributed by atoms with van der Waals surface area (Å²) in [4.78, 5) is 17.8. The van der Waals surface area contributed by atoms with Gasteiger partial charge in [0.2, 0.25) is 0 Å². The predicted octanol–water partition coefficient (Wildman–Crippen LogP) is 12.1. The Labute approximate surface area is 303 Å². The number of rotatable bonds is 3. The molecule has 1 spiro atoms. The van der Waals surface area contributed by atoms with Crippen LogP contribution in [-0.4, -0.2) is 15.0 Å². The third-order valence-electron chi connectivity index (χ3n) is 10.4. The van der Waals surface area contributed by atoms with Crippen LogP contribution in [0.3, 0.4) is 0 Å². The lowest BCUT2D eigenvalue weighted by Gasteiger charge is -2.39. The van der Waals surface area contributed by atoms with Crippen molar-refractivity contribution in [3.8, 4) is 45.3 Å². The van der Waals surface area contributed by atoms with Crippen LogP contribution in [0.5, 0.6) is 0 Å². The summed E-state index contributed by atoms with van der Waals surface area (Å²) in [6, 6.07) is 58.7. The summed E-state index contributed by atoms with van der Waals surface area (Å²) in [6.45, 7) is 0. The van der Waals surface area contributed by atoms with Gasteiger partial charge >= 0.3 is 0 Å². The molecule has 0 saturated carbocycles. The van der Waals surface area contributed by atoms with Crippen LogP contribution in [0.4, 0.5) is 0 Å². The predicted molar refractivity (Wildman–Crippen MR) is 210 cm³/mol. The van der Waals surface area contributed by atoms with Crippen molar-refractivity contribution in [3.63, 3.8) is 0 Å². The summed E-state index contributed by atoms with van der Waals surface area (Å²) in [7, 11) is 0. The second-order valence-electron chi connectivity index (χ2n) is 13.1. The average molecular weight is 686 g/mol. The molecule has 0 saturated heterocycles. The van der Waals surface area contributed by atoms with E-state index in [2.05, 4.69) is 127 Å². The van der Waals surface area contributed by atoms with E-state index in [1.807, 2.05) is 59.5 Å². The second kappa shape index (κ2) is 11.1. The molecule has 238 valence electrons. The molecule has 5 heteroatoms. The van der Waals surface area contributed by atoms with E-state index in [1.165, 1.54) is 63.3 Å². The second-order valence-corrected chi connectivity index (χ2v) is 15.2. The smallest absolute Gasteiger partial charge is 0.165 e. The van der Waals surface area contributed by atoms with Gasteiger partial charge in [-0.15, -0.1) is 11.3 Å². The van der Waals surface area contributed by atoms with Crippen molar-refractivity contribution < 1.29 is 0 Å². The number of fused-ring (bicyclic) bond motifs is 13. The van der Waals surface area contributed by atoms with Crippen molar-refractivity contribution in [1.82, 2.24) is 15.0 Å². The average Bonchev–Trinajstić information content (AvgIpc) is 3.73. The summed E-state index contributed by atoms with van der Waals surface area (Å²) >= 11 is 3.77. The van der Waals surface area contributed by atoms with Crippen molar-refractivity contribution in [2.24, 2.45) is 0 Å². The number of hydrogen-bond donors (Lipinski definition) is 0. The van der Waals surface area contributed by atoms with E-state index < -0.39 is 5.41 Å². The van der Waals surface area contributed by atoms with Crippen molar-refractivity contribution >= 4 is 43.3 Å². The highest BCUT2D eigenvalue weighted by Crippen LogP contribution is 2.63. The maximum absolute atomic E-state index is 5.12. The van der Waals surface area contributed by atoms with Gasteiger partial charge in [0.15, 0.2) is 17.5 Å². The van der Waals surface area contributed by atoms with Gasteiger partial charge in [0.25, 0.3) is 0 Å². The monoisotopic (exact) mass is 685 g/mol. The molecular weight excluding hydrogens is 659 g/mol. The largest absolute Gasteiger partial charge is 0.208 e. The van der Waals surface area contributed by atoms with E-state index in [4.69, 9.17) is 15.0 Å². The first-order valence-corrected chi connectivity index (χ1v) is 18.7. The van der Waals surface area contributed by atoms with Gasteiger partial charge in [-0.1, -0.05) is 163 Å². The third kappa shape index (κ3) is 4.10. The van der Waals surface area contributed by atoms with Crippen molar-refractivity contribution in [3.05, 3.63) is 186 Å². The zero-order valence-corrected chi connectivity index (χ0v) is 28.9. The Balaban J connectivity index is 1.19. The Kier molecular flexibility index (Phi) is 6.27. The van der Waals surface area contributed by atoms with Crippen molar-refractivity contribution in [1.29, 1.82) is 0 Å². The van der Waals surface area contributed by atoms with Gasteiger partial charge in [-0.05, 0) is 45.5 Å². The molecule has 51 heavy (non-hydrogen) atoms. The highest BCUT2D eigenvalue weighted by molar-refractivity contribution is 8.00. The van der Waals surface area contributed by atoms with E-state index in [0.717, 1.165) is 16.7 Å². The zero-order valence-electron chi connectivity index (χ0n) is 27.2. The molecule has 2 aromatic heterocycles. The van der Waals surface area contributed by atoms with Crippen LogP contribution < -0.4 is 0 Å². The fourth-order valence-corrected chi connectivity index (χ4v) is 11.0. The fraction of sp³-hybridized carbons (Fsp3) is 0.0217. The lowest BCUT2D eigenvalue weighted by atomic mass is 9.67. The van der Waals surface area contributed by atoms with E-state index >= 15 is 0 Å². The number of thiophene rings is 1. The van der Waals surface area contributed by atoms with Crippen LogP contribution in [0.1, 0.15) is 22.3 Å². The molecule has 11 rings (SSSR count). The normalized spacial score (nSPS) is 13.6. The SMILES string of the molecule is c1ccc(-c2nc(-c3ccccc3)nc(-c3cccc4c3sc3c5c(ccc34)C3(c4ccccc4S5)c4ccccc4-c4ccccc43)n2)cc1. The molecule has 0 N–H and O–H groups in total. The quantitative estimate of drug-likeness (QED) is 0.186. The summed E-state index contributed by atoms with van der Waals surface area (Å²) in [5, 5.41) is 2.48. The van der Waals surface area contributed by atoms with E-state index in [0.29, 0.717) is 17.5 Å². The van der Waals surface area contributed by atoms with Crippen LogP contribution in [0.15, 0.2) is 174 Å². The van der Waals surface area contributed by atoms with Crippen molar-refractivity contribution in [2.75, 3.05) is 0 Å². The minimum absolute atomic E-state index is 0.402. The minimum Gasteiger partial charge on any atom is -0.208 e. The Morgan fingerprint density at radius 1 is 0.373 bits per heavy atom. The Morgan fingerprint density at radius 3 is 1.57 bits per heavy atom. The Morgan fingerprint density at radius 2 is 0.902 bits per heavy atom. The fourth-order valence-electron chi connectivity index (χ4n) is 8.27. The number of benzene rings is 7. The van der Waals surface area contributed by atoms with E-state index in [-0.39, 0.29) is 0 Å². The maximum Gasteiger partial charge on any atom is 0.165 e. The number of aromatic nitrogens is 3. The van der Waals surface area contributed by atoms with Crippen molar-refractivity contribution in [2.45, 2.75) is 15.2 Å². The molecule has 0 radical (unpaired) electrons. The first kappa shape index (κ1) is 28.9. The molecule has 3 heterocycles. The summed E-state index contributed by atoms with van der Waals surface area (Å²) in [5.41, 5.74) is 10.6. The van der Waals surface area contributed by atoms with E-state index in [1.54, 1.807) is 0 Å². The van der Waals surface area contributed by atoms with Gasteiger partial charge in [0, 0.05) is 46.7 Å². The molecule has 1 aliphatic heterocycles. The molecular formula is C46H27N3S2. The van der Waals surface area contributed by atoms with Crippen LogP contribution >= 0.6 is 23.1 Å². The standard InChI is InChI=1S/C46H27N3S2/c1-3-14-28(15-4-1)43-47-44(29-16-5-2-6-17-29)49-45(48-43)34-21-13-20-32-33-26-27-38-42(41(33)51-40(32)34)50-39-25-12-11-24-37(39)46(38)35-22-9-7-18-30(35)31-19-8-10-23-36(31)46/h1-27H. The number of nitrogens with zero attached hydrogens (tertiary/aromatic N) is 3. The molecule has 0 fully saturated rings. The molecule has 0 bridgehead atoms. The molecule has 7 aromatic carbocycles. The highest BCUT2D eigenvalue weighted by Gasteiger charge is 2.50.